The van der Waals surface area contributed by atoms with Gasteiger partial charge in [-0.1, -0.05) is 30.3 Å². The standard InChI is InChI=1S/C25H22N2O4/c1-3-31-20-12-10-19(11-13-20)27-24(29)21-14-9-18(15-22(21)25(27)30)23(28)26-16(2)17-7-5-4-6-8-17/h4-16H,3H2,1-2H3,(H,26,28). The van der Waals surface area contributed by atoms with E-state index in [0.717, 1.165) is 10.5 Å². The Balaban J connectivity index is 1.55. The molecule has 6 heteroatoms. The summed E-state index contributed by atoms with van der Waals surface area (Å²) in [5.74, 6) is -0.503. The molecule has 156 valence electrons. The maximum Gasteiger partial charge on any atom is 0.266 e. The number of hydrogen-bond acceptors (Lipinski definition) is 4. The highest BCUT2D eigenvalue weighted by molar-refractivity contribution is 6.34. The molecule has 4 rings (SSSR count). The molecule has 3 aromatic rings. The summed E-state index contributed by atoms with van der Waals surface area (Å²) in [5.41, 5.74) is 2.27. The number of carbonyl (C=O) groups is 3. The van der Waals surface area contributed by atoms with Crippen LogP contribution in [0.1, 0.15) is 56.5 Å². The number of fused-ring (bicyclic) bond motifs is 1. The molecule has 31 heavy (non-hydrogen) atoms. The van der Waals surface area contributed by atoms with Crippen LogP contribution in [0.4, 0.5) is 5.69 Å². The number of imide groups is 1. The fourth-order valence-electron chi connectivity index (χ4n) is 3.58. The van der Waals surface area contributed by atoms with Gasteiger partial charge >= 0.3 is 0 Å². The topological polar surface area (TPSA) is 75.7 Å². The molecule has 1 aliphatic heterocycles. The first-order valence-corrected chi connectivity index (χ1v) is 10.1. The van der Waals surface area contributed by atoms with Crippen molar-refractivity contribution in [3.05, 3.63) is 95.1 Å². The molecule has 3 amide bonds. The highest BCUT2D eigenvalue weighted by Crippen LogP contribution is 2.30. The second-order valence-electron chi connectivity index (χ2n) is 7.24. The minimum Gasteiger partial charge on any atom is -0.494 e. The smallest absolute Gasteiger partial charge is 0.266 e. The Labute approximate surface area is 180 Å². The van der Waals surface area contributed by atoms with E-state index in [1.165, 1.54) is 12.1 Å². The highest BCUT2D eigenvalue weighted by Gasteiger charge is 2.37. The fraction of sp³-hybridized carbons (Fsp3) is 0.160. The Hall–Kier alpha value is -3.93. The largest absolute Gasteiger partial charge is 0.494 e. The molecule has 0 aromatic heterocycles. The summed E-state index contributed by atoms with van der Waals surface area (Å²) < 4.78 is 5.41. The van der Waals surface area contributed by atoms with Gasteiger partial charge in [0.2, 0.25) is 0 Å². The number of nitrogens with zero attached hydrogens (tertiary/aromatic N) is 1. The van der Waals surface area contributed by atoms with Gasteiger partial charge in [-0.05, 0) is 61.9 Å². The van der Waals surface area contributed by atoms with Crippen LogP contribution < -0.4 is 15.0 Å². The summed E-state index contributed by atoms with van der Waals surface area (Å²) >= 11 is 0. The fourth-order valence-corrected chi connectivity index (χ4v) is 3.58. The number of anilines is 1. The van der Waals surface area contributed by atoms with Crippen LogP contribution >= 0.6 is 0 Å². The van der Waals surface area contributed by atoms with Crippen molar-refractivity contribution in [1.82, 2.24) is 5.32 Å². The number of carbonyl (C=O) groups excluding carboxylic acids is 3. The first-order valence-electron chi connectivity index (χ1n) is 10.1. The lowest BCUT2D eigenvalue weighted by Crippen LogP contribution is -2.29. The molecule has 6 nitrogen and oxygen atoms in total. The van der Waals surface area contributed by atoms with Crippen LogP contribution in [0.15, 0.2) is 72.8 Å². The summed E-state index contributed by atoms with van der Waals surface area (Å²) in [5, 5.41) is 2.93. The van der Waals surface area contributed by atoms with Crippen molar-refractivity contribution in [3.63, 3.8) is 0 Å². The van der Waals surface area contributed by atoms with Gasteiger partial charge in [0.15, 0.2) is 0 Å². The molecule has 0 saturated heterocycles. The quantitative estimate of drug-likeness (QED) is 0.608. The van der Waals surface area contributed by atoms with Gasteiger partial charge in [-0.2, -0.15) is 0 Å². The predicted molar refractivity (Wildman–Crippen MR) is 118 cm³/mol. The molecule has 1 heterocycles. The summed E-state index contributed by atoms with van der Waals surface area (Å²) in [6, 6.07) is 20.8. The number of nitrogens with one attached hydrogen (secondary N) is 1. The van der Waals surface area contributed by atoms with Gasteiger partial charge < -0.3 is 10.1 Å². The summed E-state index contributed by atoms with van der Waals surface area (Å²) in [6.07, 6.45) is 0. The van der Waals surface area contributed by atoms with Gasteiger partial charge in [0.05, 0.1) is 29.5 Å². The van der Waals surface area contributed by atoms with E-state index in [1.807, 2.05) is 44.2 Å². The second-order valence-corrected chi connectivity index (χ2v) is 7.24. The maximum absolute atomic E-state index is 13.0. The SMILES string of the molecule is CCOc1ccc(N2C(=O)c3ccc(C(=O)NC(C)c4ccccc4)cc3C2=O)cc1. The van der Waals surface area contributed by atoms with Crippen molar-refractivity contribution in [2.24, 2.45) is 0 Å². The van der Waals surface area contributed by atoms with E-state index in [0.29, 0.717) is 23.6 Å². The average molecular weight is 414 g/mol. The molecule has 0 fully saturated rings. The van der Waals surface area contributed by atoms with Gasteiger partial charge in [-0.3, -0.25) is 14.4 Å². The number of amides is 3. The van der Waals surface area contributed by atoms with Gasteiger partial charge in [-0.15, -0.1) is 0 Å². The second kappa shape index (κ2) is 8.44. The minimum absolute atomic E-state index is 0.195. The van der Waals surface area contributed by atoms with Gasteiger partial charge in [-0.25, -0.2) is 4.90 Å². The number of ether oxygens (including phenoxy) is 1. The van der Waals surface area contributed by atoms with Crippen LogP contribution in [0, 0.1) is 0 Å². The van der Waals surface area contributed by atoms with Crippen LogP contribution in [0.2, 0.25) is 0 Å². The van der Waals surface area contributed by atoms with Crippen LogP contribution in [0.25, 0.3) is 0 Å². The molecular weight excluding hydrogens is 392 g/mol. The zero-order valence-electron chi connectivity index (χ0n) is 17.3. The van der Waals surface area contributed by atoms with Gasteiger partial charge in [0.1, 0.15) is 5.75 Å². The Kier molecular flexibility index (Phi) is 5.54. The summed E-state index contributed by atoms with van der Waals surface area (Å²) in [7, 11) is 0. The molecule has 1 atom stereocenters. The molecule has 3 aromatic carbocycles. The normalized spacial score (nSPS) is 13.7. The molecular formula is C25H22N2O4. The zero-order chi connectivity index (χ0) is 22.0. The molecule has 1 unspecified atom stereocenters. The van der Waals surface area contributed by atoms with E-state index in [4.69, 9.17) is 4.74 Å². The molecule has 0 aliphatic carbocycles. The van der Waals surface area contributed by atoms with E-state index in [9.17, 15) is 14.4 Å². The lowest BCUT2D eigenvalue weighted by molar-refractivity contribution is 0.0921. The molecule has 1 N–H and O–H groups in total. The average Bonchev–Trinajstić information content (AvgIpc) is 3.04. The number of hydrogen-bond donors (Lipinski definition) is 1. The van der Waals surface area contributed by atoms with Crippen molar-refractivity contribution in [2.45, 2.75) is 19.9 Å². The first kappa shape index (κ1) is 20.3. The minimum atomic E-state index is -0.449. The van der Waals surface area contributed by atoms with E-state index >= 15 is 0 Å². The maximum atomic E-state index is 13.0. The van der Waals surface area contributed by atoms with Crippen molar-refractivity contribution >= 4 is 23.4 Å². The third-order valence-corrected chi connectivity index (χ3v) is 5.20. The zero-order valence-corrected chi connectivity index (χ0v) is 17.3. The number of rotatable bonds is 6. The molecule has 1 aliphatic rings. The Morgan fingerprint density at radius 3 is 2.29 bits per heavy atom. The van der Waals surface area contributed by atoms with Crippen LogP contribution in [0.5, 0.6) is 5.75 Å². The van der Waals surface area contributed by atoms with Crippen molar-refractivity contribution in [1.29, 1.82) is 0 Å². The van der Waals surface area contributed by atoms with Gasteiger partial charge in [0.25, 0.3) is 17.7 Å². The van der Waals surface area contributed by atoms with Crippen LogP contribution in [-0.4, -0.2) is 24.3 Å². The predicted octanol–water partition coefficient (Wildman–Crippen LogP) is 4.38. The highest BCUT2D eigenvalue weighted by atomic mass is 16.5. The molecule has 0 bridgehead atoms. The Morgan fingerprint density at radius 1 is 0.935 bits per heavy atom. The van der Waals surface area contributed by atoms with Crippen LogP contribution in [-0.2, 0) is 0 Å². The van der Waals surface area contributed by atoms with Crippen molar-refractivity contribution in [2.75, 3.05) is 11.5 Å². The third kappa shape index (κ3) is 3.92. The lowest BCUT2D eigenvalue weighted by atomic mass is 10.0. The molecule has 0 radical (unpaired) electrons. The van der Waals surface area contributed by atoms with E-state index < -0.39 is 11.8 Å². The third-order valence-electron chi connectivity index (χ3n) is 5.20. The van der Waals surface area contributed by atoms with Crippen molar-refractivity contribution in [3.8, 4) is 5.75 Å². The van der Waals surface area contributed by atoms with Gasteiger partial charge in [0, 0.05) is 5.56 Å². The van der Waals surface area contributed by atoms with E-state index in [1.54, 1.807) is 30.3 Å². The Morgan fingerprint density at radius 2 is 1.61 bits per heavy atom. The Bertz CT molecular complexity index is 1140. The monoisotopic (exact) mass is 414 g/mol. The van der Waals surface area contributed by atoms with Crippen molar-refractivity contribution < 1.29 is 19.1 Å². The van der Waals surface area contributed by atoms with E-state index in [-0.39, 0.29) is 23.1 Å². The molecule has 0 spiro atoms. The summed E-state index contributed by atoms with van der Waals surface area (Å²) in [6.45, 7) is 4.30. The summed E-state index contributed by atoms with van der Waals surface area (Å²) in [4.78, 5) is 39.7. The first-order chi connectivity index (χ1) is 15.0. The van der Waals surface area contributed by atoms with Crippen LogP contribution in [0.3, 0.4) is 0 Å². The molecule has 0 saturated carbocycles. The lowest BCUT2D eigenvalue weighted by Gasteiger charge is -2.14. The van der Waals surface area contributed by atoms with E-state index in [2.05, 4.69) is 5.32 Å². The number of benzene rings is 3.